The maximum atomic E-state index is 13.0. The Labute approximate surface area is 109 Å². The van der Waals surface area contributed by atoms with Crippen LogP contribution in [0.25, 0.3) is 0 Å². The van der Waals surface area contributed by atoms with Crippen molar-refractivity contribution in [1.82, 2.24) is 15.5 Å². The third-order valence-corrected chi connectivity index (χ3v) is 2.87. The van der Waals surface area contributed by atoms with Crippen molar-refractivity contribution in [3.05, 3.63) is 46.3 Å². The van der Waals surface area contributed by atoms with Gasteiger partial charge in [0.05, 0.1) is 11.6 Å². The number of nitrogens with zero attached hydrogens (tertiary/aromatic N) is 2. The number of aromatic nitrogens is 2. The molecule has 0 aliphatic heterocycles. The minimum atomic E-state index is -0.415. The zero-order valence-corrected chi connectivity index (χ0v) is 10.8. The van der Waals surface area contributed by atoms with Gasteiger partial charge in [-0.25, -0.2) is 4.39 Å². The molecule has 1 aromatic carbocycles. The summed E-state index contributed by atoms with van der Waals surface area (Å²) in [5.41, 5.74) is 0.904. The van der Waals surface area contributed by atoms with Gasteiger partial charge in [0.25, 0.3) is 0 Å². The average Bonchev–Trinajstić information content (AvgIpc) is 2.75. The summed E-state index contributed by atoms with van der Waals surface area (Å²) < 4.78 is 17.9. The highest BCUT2D eigenvalue weighted by Gasteiger charge is 2.09. The Kier molecular flexibility index (Phi) is 3.93. The third kappa shape index (κ3) is 3.05. The number of hydrogen-bond acceptors (Lipinski definition) is 4. The zero-order chi connectivity index (χ0) is 13.1. The second-order valence-corrected chi connectivity index (χ2v) is 4.41. The summed E-state index contributed by atoms with van der Waals surface area (Å²) in [6, 6.07) is 4.67. The van der Waals surface area contributed by atoms with Crippen molar-refractivity contribution in [2.24, 2.45) is 0 Å². The predicted octanol–water partition coefficient (Wildman–Crippen LogP) is 3.02. The fourth-order valence-corrected chi connectivity index (χ4v) is 1.75. The number of hydrogen-bond donors (Lipinski definition) is 1. The first-order valence-electron chi connectivity index (χ1n) is 5.54. The van der Waals surface area contributed by atoms with Crippen LogP contribution in [0.4, 0.5) is 4.39 Å². The molecule has 0 radical (unpaired) electrons. The molecule has 0 amide bonds. The monoisotopic (exact) mass is 269 g/mol. The number of rotatable bonds is 4. The van der Waals surface area contributed by atoms with E-state index in [9.17, 15) is 4.39 Å². The van der Waals surface area contributed by atoms with E-state index < -0.39 is 5.82 Å². The molecule has 1 unspecified atom stereocenters. The SMILES string of the molecule is Cc1nc(CNC(C)c2ccc(F)c(Cl)c2)no1. The molecule has 0 saturated carbocycles. The van der Waals surface area contributed by atoms with Gasteiger partial charge in [-0.2, -0.15) is 4.98 Å². The lowest BCUT2D eigenvalue weighted by molar-refractivity contribution is 0.384. The molecule has 0 fully saturated rings. The highest BCUT2D eigenvalue weighted by atomic mass is 35.5. The van der Waals surface area contributed by atoms with E-state index in [1.165, 1.54) is 6.07 Å². The lowest BCUT2D eigenvalue weighted by Crippen LogP contribution is -2.18. The maximum Gasteiger partial charge on any atom is 0.223 e. The third-order valence-electron chi connectivity index (χ3n) is 2.58. The van der Waals surface area contributed by atoms with Gasteiger partial charge in [0.2, 0.25) is 5.89 Å². The lowest BCUT2D eigenvalue weighted by Gasteiger charge is -2.13. The van der Waals surface area contributed by atoms with Gasteiger partial charge in [-0.1, -0.05) is 22.8 Å². The summed E-state index contributed by atoms with van der Waals surface area (Å²) in [6.45, 7) is 4.17. The molecule has 4 nitrogen and oxygen atoms in total. The van der Waals surface area contributed by atoms with Crippen molar-refractivity contribution in [3.63, 3.8) is 0 Å². The quantitative estimate of drug-likeness (QED) is 0.927. The molecule has 1 N–H and O–H groups in total. The van der Waals surface area contributed by atoms with Crippen LogP contribution in [0, 0.1) is 12.7 Å². The summed E-state index contributed by atoms with van der Waals surface area (Å²) in [6.07, 6.45) is 0. The molecule has 1 aromatic heterocycles. The normalized spacial score (nSPS) is 12.7. The number of nitrogens with one attached hydrogen (secondary N) is 1. The summed E-state index contributed by atoms with van der Waals surface area (Å²) in [5, 5.41) is 7.11. The molecule has 0 aliphatic carbocycles. The maximum absolute atomic E-state index is 13.0. The molecule has 1 heterocycles. The van der Waals surface area contributed by atoms with Crippen LogP contribution in [0.3, 0.4) is 0 Å². The fraction of sp³-hybridized carbons (Fsp3) is 0.333. The van der Waals surface area contributed by atoms with Crippen molar-refractivity contribution in [1.29, 1.82) is 0 Å². The van der Waals surface area contributed by atoms with Crippen molar-refractivity contribution >= 4 is 11.6 Å². The van der Waals surface area contributed by atoms with Crippen LogP contribution in [0.2, 0.25) is 5.02 Å². The molecule has 2 rings (SSSR count). The highest BCUT2D eigenvalue weighted by Crippen LogP contribution is 2.20. The van der Waals surface area contributed by atoms with Crippen molar-refractivity contribution in [2.45, 2.75) is 26.4 Å². The van der Waals surface area contributed by atoms with Crippen LogP contribution in [0.15, 0.2) is 22.7 Å². The molecule has 0 bridgehead atoms. The molecule has 0 aliphatic rings. The Morgan fingerprint density at radius 1 is 1.50 bits per heavy atom. The smallest absolute Gasteiger partial charge is 0.223 e. The molecule has 6 heteroatoms. The van der Waals surface area contributed by atoms with E-state index in [0.717, 1.165) is 5.56 Å². The molecule has 0 saturated heterocycles. The minimum Gasteiger partial charge on any atom is -0.340 e. The first-order valence-corrected chi connectivity index (χ1v) is 5.91. The Hall–Kier alpha value is -1.46. The van der Waals surface area contributed by atoms with Gasteiger partial charge in [0, 0.05) is 13.0 Å². The second-order valence-electron chi connectivity index (χ2n) is 4.01. The summed E-state index contributed by atoms with van der Waals surface area (Å²) in [5.74, 6) is 0.707. The van der Waals surface area contributed by atoms with Gasteiger partial charge in [-0.05, 0) is 24.6 Å². The van der Waals surface area contributed by atoms with E-state index in [0.29, 0.717) is 18.3 Å². The fourth-order valence-electron chi connectivity index (χ4n) is 1.56. The standard InChI is InChI=1S/C12H13ClFN3O/c1-7(9-3-4-11(14)10(13)5-9)15-6-12-16-8(2)18-17-12/h3-5,7,15H,6H2,1-2H3. The molecule has 96 valence electrons. The van der Waals surface area contributed by atoms with Crippen LogP contribution >= 0.6 is 11.6 Å². The predicted molar refractivity (Wildman–Crippen MR) is 65.7 cm³/mol. The van der Waals surface area contributed by atoms with Gasteiger partial charge >= 0.3 is 0 Å². The number of halogens is 2. The summed E-state index contributed by atoms with van der Waals surface area (Å²) in [7, 11) is 0. The van der Waals surface area contributed by atoms with E-state index in [1.54, 1.807) is 19.1 Å². The first kappa shape index (κ1) is 13.0. The largest absolute Gasteiger partial charge is 0.340 e. The second kappa shape index (κ2) is 5.46. The zero-order valence-electron chi connectivity index (χ0n) is 10.1. The molecular weight excluding hydrogens is 257 g/mol. The molecular formula is C12H13ClFN3O. The van der Waals surface area contributed by atoms with Crippen LogP contribution in [0.5, 0.6) is 0 Å². The highest BCUT2D eigenvalue weighted by molar-refractivity contribution is 6.30. The van der Waals surface area contributed by atoms with Crippen LogP contribution in [-0.2, 0) is 6.54 Å². The van der Waals surface area contributed by atoms with Gasteiger partial charge < -0.3 is 9.84 Å². The van der Waals surface area contributed by atoms with Crippen molar-refractivity contribution in [2.75, 3.05) is 0 Å². The molecule has 2 aromatic rings. The van der Waals surface area contributed by atoms with Crippen molar-refractivity contribution < 1.29 is 8.91 Å². The van der Waals surface area contributed by atoms with Gasteiger partial charge in [-0.3, -0.25) is 0 Å². The van der Waals surface area contributed by atoms with E-state index in [4.69, 9.17) is 16.1 Å². The van der Waals surface area contributed by atoms with E-state index in [1.807, 2.05) is 6.92 Å². The van der Waals surface area contributed by atoms with Crippen LogP contribution in [0.1, 0.15) is 30.2 Å². The Morgan fingerprint density at radius 2 is 2.28 bits per heavy atom. The number of benzene rings is 1. The topological polar surface area (TPSA) is 51.0 Å². The van der Waals surface area contributed by atoms with Crippen LogP contribution in [-0.4, -0.2) is 10.1 Å². The molecule has 18 heavy (non-hydrogen) atoms. The lowest BCUT2D eigenvalue weighted by atomic mass is 10.1. The van der Waals surface area contributed by atoms with E-state index >= 15 is 0 Å². The Bertz CT molecular complexity index is 544. The summed E-state index contributed by atoms with van der Waals surface area (Å²) >= 11 is 5.74. The van der Waals surface area contributed by atoms with E-state index in [-0.39, 0.29) is 11.1 Å². The summed E-state index contributed by atoms with van der Waals surface area (Å²) in [4.78, 5) is 4.08. The minimum absolute atomic E-state index is 0.0157. The first-order chi connectivity index (χ1) is 8.56. The van der Waals surface area contributed by atoms with Gasteiger partial charge in [-0.15, -0.1) is 0 Å². The number of aryl methyl sites for hydroxylation is 1. The average molecular weight is 270 g/mol. The molecule has 0 spiro atoms. The van der Waals surface area contributed by atoms with Gasteiger partial charge in [0.15, 0.2) is 5.82 Å². The molecule has 1 atom stereocenters. The Balaban J connectivity index is 1.99. The van der Waals surface area contributed by atoms with Gasteiger partial charge in [0.1, 0.15) is 5.82 Å². The van der Waals surface area contributed by atoms with E-state index in [2.05, 4.69) is 15.5 Å². The van der Waals surface area contributed by atoms with Crippen LogP contribution < -0.4 is 5.32 Å². The Morgan fingerprint density at radius 3 is 2.89 bits per heavy atom. The van der Waals surface area contributed by atoms with Crippen molar-refractivity contribution in [3.8, 4) is 0 Å².